The molecule has 5 aliphatic rings. The molecule has 0 bridgehead atoms. The molecule has 10 heteroatoms. The number of benzene rings is 1. The lowest BCUT2D eigenvalue weighted by molar-refractivity contribution is -0.900. The summed E-state index contributed by atoms with van der Waals surface area (Å²) in [5, 5.41) is 16.4. The molecule has 4 aliphatic heterocycles. The number of aromatic nitrogens is 1. The van der Waals surface area contributed by atoms with Crippen molar-refractivity contribution in [1.82, 2.24) is 20.1 Å². The van der Waals surface area contributed by atoms with Crippen LogP contribution < -0.4 is 10.2 Å². The third-order valence-corrected chi connectivity index (χ3v) is 10.3. The molecule has 3 saturated heterocycles. The number of nitrogens with one attached hydrogen (secondary N) is 3. The second kappa shape index (κ2) is 9.39. The molecule has 3 amide bonds. The number of aliphatic hydroxyl groups is 1. The third-order valence-electron chi connectivity index (χ3n) is 10.3. The van der Waals surface area contributed by atoms with Crippen LogP contribution in [0.2, 0.25) is 0 Å². The van der Waals surface area contributed by atoms with Gasteiger partial charge < -0.3 is 25.2 Å². The van der Waals surface area contributed by atoms with Gasteiger partial charge in [0.1, 0.15) is 24.0 Å². The van der Waals surface area contributed by atoms with Gasteiger partial charge in [0, 0.05) is 41.6 Å². The number of quaternary nitrogens is 1. The number of nitrogens with zero attached hydrogens (tertiary/aromatic N) is 2. The minimum absolute atomic E-state index is 0.111. The number of H-pyrrole nitrogens is 1. The minimum Gasteiger partial charge on any atom is -0.361 e. The summed E-state index contributed by atoms with van der Waals surface area (Å²) in [5.41, 5.74) is 2.89. The van der Waals surface area contributed by atoms with Gasteiger partial charge in [0.15, 0.2) is 0 Å². The number of carbonyl (C=O) groups excluding carboxylic acids is 3. The van der Waals surface area contributed by atoms with Gasteiger partial charge in [-0.2, -0.15) is 0 Å². The van der Waals surface area contributed by atoms with E-state index in [1.807, 2.05) is 33.8 Å². The molecular formula is C32H42N5O5+. The second-order valence-corrected chi connectivity index (χ2v) is 13.7. The van der Waals surface area contributed by atoms with E-state index in [-0.39, 0.29) is 23.8 Å². The molecule has 224 valence electrons. The molecule has 1 aromatic carbocycles. The number of likely N-dealkylation sites (N-methyl/N-ethyl adjacent to an activating group) is 1. The molecule has 1 aromatic heterocycles. The number of amides is 3. The summed E-state index contributed by atoms with van der Waals surface area (Å²) in [6, 6.07) is 4.96. The van der Waals surface area contributed by atoms with Gasteiger partial charge in [-0.1, -0.05) is 45.9 Å². The van der Waals surface area contributed by atoms with Crippen molar-refractivity contribution in [3.05, 3.63) is 41.6 Å². The molecule has 2 aromatic rings. The normalized spacial score (nSPS) is 35.5. The fourth-order valence-electron chi connectivity index (χ4n) is 8.24. The number of fused-ring (bicyclic) bond motifs is 5. The monoisotopic (exact) mass is 576 g/mol. The van der Waals surface area contributed by atoms with Crippen molar-refractivity contribution >= 4 is 34.2 Å². The molecule has 0 spiro atoms. The number of ether oxygens (including phenoxy) is 1. The van der Waals surface area contributed by atoms with Gasteiger partial charge in [-0.15, -0.1) is 0 Å². The van der Waals surface area contributed by atoms with E-state index in [1.54, 1.807) is 4.90 Å². The summed E-state index contributed by atoms with van der Waals surface area (Å²) < 4.78 is 6.44. The van der Waals surface area contributed by atoms with Crippen LogP contribution in [0.25, 0.3) is 16.5 Å². The van der Waals surface area contributed by atoms with Gasteiger partial charge >= 0.3 is 0 Å². The first-order valence-corrected chi connectivity index (χ1v) is 15.5. The van der Waals surface area contributed by atoms with E-state index >= 15 is 0 Å². The lowest BCUT2D eigenvalue weighted by Gasteiger charge is -2.49. The zero-order valence-corrected chi connectivity index (χ0v) is 25.1. The molecule has 0 saturated carbocycles. The molecule has 1 aliphatic carbocycles. The molecular weight excluding hydrogens is 534 g/mol. The lowest BCUT2D eigenvalue weighted by Crippen LogP contribution is -3.15. The van der Waals surface area contributed by atoms with Crippen LogP contribution in [-0.2, 0) is 25.5 Å². The number of carbonyl (C=O) groups is 3. The largest absolute Gasteiger partial charge is 0.361 e. The number of rotatable bonds is 5. The van der Waals surface area contributed by atoms with Crippen LogP contribution in [0, 0.1) is 17.8 Å². The maximum atomic E-state index is 14.4. The summed E-state index contributed by atoms with van der Waals surface area (Å²) in [7, 11) is 2.12. The topological polar surface area (TPSA) is 119 Å². The van der Waals surface area contributed by atoms with Crippen molar-refractivity contribution in [1.29, 1.82) is 0 Å². The summed E-state index contributed by atoms with van der Waals surface area (Å²) in [5.74, 6) is -3.88. The first kappa shape index (κ1) is 27.6. The average Bonchev–Trinajstić information content (AvgIpc) is 3.65. The fraction of sp³-hybridized carbons (Fsp3) is 0.594. The predicted octanol–water partition coefficient (Wildman–Crippen LogP) is 1.01. The van der Waals surface area contributed by atoms with E-state index in [9.17, 15) is 19.5 Å². The summed E-state index contributed by atoms with van der Waals surface area (Å²) in [6.45, 7) is 8.70. The van der Waals surface area contributed by atoms with Crippen LogP contribution in [-0.4, -0.2) is 87.5 Å². The first-order valence-electron chi connectivity index (χ1n) is 15.5. The molecule has 7 rings (SSSR count). The highest BCUT2D eigenvalue weighted by Gasteiger charge is 2.72. The average molecular weight is 577 g/mol. The zero-order valence-electron chi connectivity index (χ0n) is 25.1. The third kappa shape index (κ3) is 3.70. The minimum atomic E-state index is -2.00. The van der Waals surface area contributed by atoms with Crippen molar-refractivity contribution in [2.45, 2.75) is 83.1 Å². The van der Waals surface area contributed by atoms with Crippen LogP contribution in [0.3, 0.4) is 0 Å². The Morgan fingerprint density at radius 2 is 2.05 bits per heavy atom. The maximum Gasteiger partial charge on any atom is 0.281 e. The van der Waals surface area contributed by atoms with Crippen molar-refractivity contribution < 1.29 is 29.1 Å². The van der Waals surface area contributed by atoms with E-state index in [4.69, 9.17) is 4.74 Å². The van der Waals surface area contributed by atoms with E-state index in [2.05, 4.69) is 41.8 Å². The maximum absolute atomic E-state index is 14.4. The Bertz CT molecular complexity index is 1510. The first-order chi connectivity index (χ1) is 20.0. The SMILES string of the molecule is CC(C)C[C@H]1C(=O)N2CCC[C@H]2[C@]2(O)O[C@](NC(=O)[C@@H]3C=C4c5cccc6[nH]cc(c56)C[C@H]4[NH+](C)C3)(C(C)C)C(=O)N12. The Morgan fingerprint density at radius 1 is 1.26 bits per heavy atom. The number of aromatic amines is 1. The van der Waals surface area contributed by atoms with E-state index in [1.165, 1.54) is 20.7 Å². The quantitative estimate of drug-likeness (QED) is 0.424. The molecule has 1 unspecified atom stereocenters. The van der Waals surface area contributed by atoms with Gasteiger partial charge in [-0.05, 0) is 42.4 Å². The lowest BCUT2D eigenvalue weighted by atomic mass is 9.79. The van der Waals surface area contributed by atoms with Crippen LogP contribution >= 0.6 is 0 Å². The van der Waals surface area contributed by atoms with Gasteiger partial charge in [0.05, 0.1) is 13.6 Å². The van der Waals surface area contributed by atoms with Gasteiger partial charge in [0.25, 0.3) is 11.8 Å². The highest BCUT2D eigenvalue weighted by atomic mass is 16.7. The Morgan fingerprint density at radius 3 is 2.79 bits per heavy atom. The smallest absolute Gasteiger partial charge is 0.281 e. The second-order valence-electron chi connectivity index (χ2n) is 13.7. The van der Waals surface area contributed by atoms with Crippen molar-refractivity contribution in [3.63, 3.8) is 0 Å². The van der Waals surface area contributed by atoms with Crippen molar-refractivity contribution in [2.75, 3.05) is 20.1 Å². The van der Waals surface area contributed by atoms with E-state index in [0.717, 1.165) is 29.5 Å². The summed E-state index contributed by atoms with van der Waals surface area (Å²) in [6.07, 6.45) is 6.70. The predicted molar refractivity (Wildman–Crippen MR) is 156 cm³/mol. The molecule has 4 N–H and O–H groups in total. The molecule has 7 atom stereocenters. The standard InChI is InChI=1S/C32H41N5O5/c1-17(2)12-25-29(39)36-11-7-10-26(36)32(41)37(25)30(40)31(42-32,18(3)4)34-28(38)20-13-22-21-8-6-9-23-27(21)19(15-33-23)14-24(22)35(5)16-20/h6,8-9,13,15,17-18,20,24-26,33,41H,7,10-12,14,16H2,1-5H3,(H,34,38)/p+1/t20-,24-,25+,26+,31-,32+/m1/s1. The molecule has 3 fully saturated rings. The van der Waals surface area contributed by atoms with Crippen LogP contribution in [0.15, 0.2) is 30.5 Å². The number of hydrogen-bond donors (Lipinski definition) is 4. The molecule has 5 heterocycles. The summed E-state index contributed by atoms with van der Waals surface area (Å²) in [4.78, 5) is 49.7. The van der Waals surface area contributed by atoms with Crippen molar-refractivity contribution in [3.8, 4) is 0 Å². The molecule has 0 radical (unpaired) electrons. The highest BCUT2D eigenvalue weighted by molar-refractivity contribution is 6.00. The zero-order chi connectivity index (χ0) is 29.7. The Balaban J connectivity index is 1.24. The number of piperazine rings is 1. The molecule has 10 nitrogen and oxygen atoms in total. The highest BCUT2D eigenvalue weighted by Crippen LogP contribution is 2.48. The number of hydrogen-bond acceptors (Lipinski definition) is 5. The Labute approximate surface area is 246 Å². The van der Waals surface area contributed by atoms with Crippen LogP contribution in [0.4, 0.5) is 0 Å². The van der Waals surface area contributed by atoms with Gasteiger partial charge in [-0.3, -0.25) is 24.0 Å². The van der Waals surface area contributed by atoms with E-state index < -0.39 is 41.5 Å². The van der Waals surface area contributed by atoms with E-state index in [0.29, 0.717) is 25.9 Å². The van der Waals surface area contributed by atoms with Crippen molar-refractivity contribution in [2.24, 2.45) is 17.8 Å². The van der Waals surface area contributed by atoms with Crippen LogP contribution in [0.5, 0.6) is 0 Å². The fourth-order valence-corrected chi connectivity index (χ4v) is 8.24. The molecule has 42 heavy (non-hydrogen) atoms. The summed E-state index contributed by atoms with van der Waals surface area (Å²) >= 11 is 0. The van der Waals surface area contributed by atoms with Gasteiger partial charge in [-0.25, -0.2) is 0 Å². The Hall–Kier alpha value is -3.21. The van der Waals surface area contributed by atoms with Gasteiger partial charge in [0.2, 0.25) is 17.5 Å². The Kier molecular flexibility index (Phi) is 6.18. The van der Waals surface area contributed by atoms with Crippen LogP contribution in [0.1, 0.15) is 58.1 Å².